The van der Waals surface area contributed by atoms with Crippen LogP contribution in [0.3, 0.4) is 0 Å². The van der Waals surface area contributed by atoms with Gasteiger partial charge in [-0.15, -0.1) is 0 Å². The van der Waals surface area contributed by atoms with Crippen molar-refractivity contribution in [2.45, 2.75) is 12.5 Å². The Balaban J connectivity index is 2.51. The highest BCUT2D eigenvalue weighted by Crippen LogP contribution is 2.21. The topological polar surface area (TPSA) is 57.6 Å². The summed E-state index contributed by atoms with van der Waals surface area (Å²) in [6, 6.07) is 0.110. The van der Waals surface area contributed by atoms with E-state index in [2.05, 4.69) is 0 Å². The zero-order chi connectivity index (χ0) is 9.14. The molecule has 0 spiro atoms. The van der Waals surface area contributed by atoms with Gasteiger partial charge < -0.3 is 10.0 Å². The highest BCUT2D eigenvalue weighted by atomic mass is 32.2. The Morgan fingerprint density at radius 3 is 2.67 bits per heavy atom. The third-order valence-electron chi connectivity index (χ3n) is 1.96. The van der Waals surface area contributed by atoms with Crippen molar-refractivity contribution in [3.63, 3.8) is 0 Å². The molecule has 0 aromatic heterocycles. The third-order valence-corrected chi connectivity index (χ3v) is 3.10. The van der Waals surface area contributed by atoms with Gasteiger partial charge in [0, 0.05) is 18.8 Å². The molecule has 1 rings (SSSR count). The largest absolute Gasteiger partial charge is 0.474 e. The quantitative estimate of drug-likeness (QED) is 0.591. The first-order valence-electron chi connectivity index (χ1n) is 3.70. The molecule has 0 saturated carbocycles. The number of hydrogen-bond acceptors (Lipinski definition) is 3. The minimum Gasteiger partial charge on any atom is -0.474 e. The molecule has 12 heavy (non-hydrogen) atoms. The average Bonchev–Trinajstić information content (AvgIpc) is 2.53. The number of rotatable bonds is 1. The van der Waals surface area contributed by atoms with Gasteiger partial charge in [0.25, 0.3) is 0 Å². The number of nitrogens with zero attached hydrogens (tertiary/aromatic N) is 1. The van der Waals surface area contributed by atoms with Gasteiger partial charge >= 0.3 is 11.9 Å². The van der Waals surface area contributed by atoms with Crippen molar-refractivity contribution in [3.8, 4) is 0 Å². The Morgan fingerprint density at radius 1 is 1.58 bits per heavy atom. The van der Waals surface area contributed by atoms with Crippen LogP contribution in [0.2, 0.25) is 0 Å². The van der Waals surface area contributed by atoms with Gasteiger partial charge in [-0.1, -0.05) is 0 Å². The first kappa shape index (κ1) is 9.38. The molecule has 0 aromatic rings. The predicted octanol–water partition coefficient (Wildman–Crippen LogP) is 0.0349. The van der Waals surface area contributed by atoms with Gasteiger partial charge in [-0.05, 0) is 12.2 Å². The highest BCUT2D eigenvalue weighted by Gasteiger charge is 2.27. The van der Waals surface area contributed by atoms with E-state index in [0.717, 1.165) is 17.9 Å². The number of carboxylic acids is 1. The monoisotopic (exact) mass is 189 g/mol. The summed E-state index contributed by atoms with van der Waals surface area (Å²) in [6.45, 7) is 0. The number of thioether (sulfide) groups is 1. The fourth-order valence-corrected chi connectivity index (χ4v) is 2.41. The molecule has 1 atom stereocenters. The standard InChI is InChI=1S/C7H11NO3S/c1-8(6(9)7(10)11)5-2-3-12-4-5/h5H,2-4H2,1H3,(H,10,11). The number of amides is 1. The molecule has 1 fully saturated rings. The lowest BCUT2D eigenvalue weighted by atomic mass is 10.2. The van der Waals surface area contributed by atoms with Crippen molar-refractivity contribution in [2.24, 2.45) is 0 Å². The molecule has 1 N–H and O–H groups in total. The summed E-state index contributed by atoms with van der Waals surface area (Å²) in [5.74, 6) is -0.297. The number of carboxylic acid groups (broad SMARTS) is 1. The van der Waals surface area contributed by atoms with Crippen LogP contribution in [-0.2, 0) is 9.59 Å². The van der Waals surface area contributed by atoms with E-state index < -0.39 is 11.9 Å². The molecule has 1 aliphatic heterocycles. The van der Waals surface area contributed by atoms with Gasteiger partial charge in [-0.2, -0.15) is 11.8 Å². The van der Waals surface area contributed by atoms with Crippen LogP contribution < -0.4 is 0 Å². The molecule has 68 valence electrons. The van der Waals surface area contributed by atoms with Gasteiger partial charge in [0.1, 0.15) is 0 Å². The maximum atomic E-state index is 10.9. The van der Waals surface area contributed by atoms with E-state index in [1.165, 1.54) is 4.90 Å². The van der Waals surface area contributed by atoms with Crippen molar-refractivity contribution in [2.75, 3.05) is 18.6 Å². The summed E-state index contributed by atoms with van der Waals surface area (Å²) in [5, 5.41) is 8.41. The summed E-state index contributed by atoms with van der Waals surface area (Å²) < 4.78 is 0. The van der Waals surface area contributed by atoms with Gasteiger partial charge in [0.2, 0.25) is 0 Å². The molecule has 0 aliphatic carbocycles. The van der Waals surface area contributed by atoms with E-state index in [0.29, 0.717) is 0 Å². The molecule has 1 aliphatic rings. The highest BCUT2D eigenvalue weighted by molar-refractivity contribution is 7.99. The number of aliphatic carboxylic acids is 1. The van der Waals surface area contributed by atoms with E-state index in [9.17, 15) is 9.59 Å². The summed E-state index contributed by atoms with van der Waals surface area (Å²) in [7, 11) is 1.55. The fraction of sp³-hybridized carbons (Fsp3) is 0.714. The Labute approximate surface area is 74.9 Å². The zero-order valence-corrected chi connectivity index (χ0v) is 7.63. The second kappa shape index (κ2) is 3.80. The van der Waals surface area contributed by atoms with Gasteiger partial charge in [0.05, 0.1) is 0 Å². The summed E-state index contributed by atoms with van der Waals surface area (Å²) in [4.78, 5) is 22.6. The maximum Gasteiger partial charge on any atom is 0.394 e. The molecule has 1 unspecified atom stereocenters. The Bertz CT molecular complexity index is 201. The van der Waals surface area contributed by atoms with E-state index in [1.807, 2.05) is 0 Å². The predicted molar refractivity (Wildman–Crippen MR) is 46.1 cm³/mol. The average molecular weight is 189 g/mol. The molecular weight excluding hydrogens is 178 g/mol. The SMILES string of the molecule is CN(C(=O)C(=O)O)C1CCSC1. The molecule has 1 amide bonds. The molecule has 0 aromatic carbocycles. The first-order chi connectivity index (χ1) is 5.63. The molecular formula is C7H11NO3S. The van der Waals surface area contributed by atoms with Gasteiger partial charge in [0.15, 0.2) is 0 Å². The lowest BCUT2D eigenvalue weighted by molar-refractivity contribution is -0.156. The van der Waals surface area contributed by atoms with E-state index >= 15 is 0 Å². The molecule has 0 radical (unpaired) electrons. The van der Waals surface area contributed by atoms with Crippen molar-refractivity contribution >= 4 is 23.6 Å². The smallest absolute Gasteiger partial charge is 0.394 e. The van der Waals surface area contributed by atoms with Crippen LogP contribution in [0, 0.1) is 0 Å². The zero-order valence-electron chi connectivity index (χ0n) is 6.82. The second-order valence-corrected chi connectivity index (χ2v) is 3.89. The lowest BCUT2D eigenvalue weighted by Gasteiger charge is -2.21. The van der Waals surface area contributed by atoms with Crippen molar-refractivity contribution < 1.29 is 14.7 Å². The number of carbonyl (C=O) groups is 2. The van der Waals surface area contributed by atoms with Crippen LogP contribution in [0.25, 0.3) is 0 Å². The molecule has 1 heterocycles. The van der Waals surface area contributed by atoms with Gasteiger partial charge in [-0.3, -0.25) is 4.79 Å². The minimum atomic E-state index is -1.37. The molecule has 1 saturated heterocycles. The Kier molecular flexibility index (Phi) is 2.97. The van der Waals surface area contributed by atoms with Crippen molar-refractivity contribution in [1.29, 1.82) is 0 Å². The summed E-state index contributed by atoms with van der Waals surface area (Å²) in [5.41, 5.74) is 0. The number of likely N-dealkylation sites (N-methyl/N-ethyl adjacent to an activating group) is 1. The fourth-order valence-electron chi connectivity index (χ4n) is 1.14. The van der Waals surface area contributed by atoms with Crippen LogP contribution >= 0.6 is 11.8 Å². The van der Waals surface area contributed by atoms with Crippen molar-refractivity contribution in [1.82, 2.24) is 4.90 Å². The van der Waals surface area contributed by atoms with Crippen LogP contribution in [0.15, 0.2) is 0 Å². The van der Waals surface area contributed by atoms with Crippen LogP contribution in [0.4, 0.5) is 0 Å². The number of carbonyl (C=O) groups excluding carboxylic acids is 1. The molecule has 4 nitrogen and oxygen atoms in total. The minimum absolute atomic E-state index is 0.110. The van der Waals surface area contributed by atoms with Gasteiger partial charge in [-0.25, -0.2) is 4.79 Å². The molecule has 5 heteroatoms. The summed E-state index contributed by atoms with van der Waals surface area (Å²) in [6.07, 6.45) is 0.903. The van der Waals surface area contributed by atoms with E-state index in [4.69, 9.17) is 5.11 Å². The van der Waals surface area contributed by atoms with Crippen molar-refractivity contribution in [3.05, 3.63) is 0 Å². The normalized spacial score (nSPS) is 22.2. The number of hydrogen-bond donors (Lipinski definition) is 1. The summed E-state index contributed by atoms with van der Waals surface area (Å²) >= 11 is 1.75. The third kappa shape index (κ3) is 1.91. The van der Waals surface area contributed by atoms with Crippen LogP contribution in [0.5, 0.6) is 0 Å². The second-order valence-electron chi connectivity index (χ2n) is 2.74. The Morgan fingerprint density at radius 2 is 2.25 bits per heavy atom. The maximum absolute atomic E-state index is 10.9. The van der Waals surface area contributed by atoms with Crippen LogP contribution in [0.1, 0.15) is 6.42 Å². The molecule has 0 bridgehead atoms. The van der Waals surface area contributed by atoms with E-state index in [1.54, 1.807) is 18.8 Å². The first-order valence-corrected chi connectivity index (χ1v) is 4.86. The van der Waals surface area contributed by atoms with E-state index in [-0.39, 0.29) is 6.04 Å². The Hall–Kier alpha value is -0.710. The van der Waals surface area contributed by atoms with Crippen LogP contribution in [-0.4, -0.2) is 46.5 Å². The lowest BCUT2D eigenvalue weighted by Crippen LogP contribution is -2.40.